The van der Waals surface area contributed by atoms with Crippen LogP contribution in [0.1, 0.15) is 13.3 Å². The van der Waals surface area contributed by atoms with Gasteiger partial charge in [0.15, 0.2) is 0 Å². The van der Waals surface area contributed by atoms with E-state index in [4.69, 9.17) is 16.1 Å². The van der Waals surface area contributed by atoms with E-state index in [1.165, 1.54) is 0 Å². The van der Waals surface area contributed by atoms with Crippen molar-refractivity contribution < 1.29 is 13.7 Å². The lowest BCUT2D eigenvalue weighted by Gasteiger charge is -2.19. The van der Waals surface area contributed by atoms with E-state index in [-0.39, 0.29) is 0 Å². The number of nitrogens with two attached hydrogens (primary N) is 2. The Labute approximate surface area is 67.6 Å². The minimum Gasteiger partial charge on any atom is -0.389 e. The van der Waals surface area contributed by atoms with Gasteiger partial charge in [-0.3, -0.25) is 4.53 Å². The quantitative estimate of drug-likeness (QED) is 0.367. The van der Waals surface area contributed by atoms with Gasteiger partial charge in [0.25, 0.3) is 0 Å². The van der Waals surface area contributed by atoms with E-state index in [0.29, 0.717) is 25.6 Å². The van der Waals surface area contributed by atoms with Crippen molar-refractivity contribution >= 4 is 8.80 Å². The van der Waals surface area contributed by atoms with E-state index in [1.807, 2.05) is 0 Å². The standard InChI is InChI=1S/C5H16N2O3Si/c1-2-9-11(8,10-7)5-3-4-6/h8H,2-7H2,1H3. The first-order valence-electron chi connectivity index (χ1n) is 3.63. The molecule has 5 N–H and O–H groups in total. The van der Waals surface area contributed by atoms with Crippen LogP contribution in [0.2, 0.25) is 6.04 Å². The van der Waals surface area contributed by atoms with Crippen molar-refractivity contribution in [3.05, 3.63) is 0 Å². The normalized spacial score (nSPS) is 16.4. The summed E-state index contributed by atoms with van der Waals surface area (Å²) in [6, 6.07) is 0.424. The zero-order valence-electron chi connectivity index (χ0n) is 6.75. The van der Waals surface area contributed by atoms with Crippen molar-refractivity contribution in [2.45, 2.75) is 19.4 Å². The molecule has 0 amide bonds. The maximum absolute atomic E-state index is 9.46. The van der Waals surface area contributed by atoms with Crippen LogP contribution in [0.25, 0.3) is 0 Å². The Bertz CT molecular complexity index is 106. The van der Waals surface area contributed by atoms with Crippen LogP contribution in [-0.2, 0) is 8.95 Å². The van der Waals surface area contributed by atoms with E-state index < -0.39 is 8.80 Å². The Morgan fingerprint density at radius 3 is 2.55 bits per heavy atom. The van der Waals surface area contributed by atoms with Crippen molar-refractivity contribution in [2.24, 2.45) is 11.6 Å². The topological polar surface area (TPSA) is 90.7 Å². The van der Waals surface area contributed by atoms with Crippen molar-refractivity contribution in [2.75, 3.05) is 13.2 Å². The molecule has 0 bridgehead atoms. The van der Waals surface area contributed by atoms with E-state index in [0.717, 1.165) is 0 Å². The predicted molar refractivity (Wildman–Crippen MR) is 43.3 cm³/mol. The third-order valence-electron chi connectivity index (χ3n) is 1.25. The second-order valence-electron chi connectivity index (χ2n) is 2.16. The second kappa shape index (κ2) is 5.64. The number of hydrogen-bond donors (Lipinski definition) is 3. The summed E-state index contributed by atoms with van der Waals surface area (Å²) in [5.74, 6) is 4.88. The summed E-state index contributed by atoms with van der Waals surface area (Å²) < 4.78 is 9.37. The van der Waals surface area contributed by atoms with Crippen LogP contribution in [0.5, 0.6) is 0 Å². The SMILES string of the molecule is CCO[Si](O)(CCCN)ON. The van der Waals surface area contributed by atoms with Crippen LogP contribution in [0, 0.1) is 0 Å². The van der Waals surface area contributed by atoms with Gasteiger partial charge in [0.05, 0.1) is 0 Å². The van der Waals surface area contributed by atoms with E-state index in [9.17, 15) is 4.80 Å². The average Bonchev–Trinajstić information content (AvgIpc) is 2.02. The van der Waals surface area contributed by atoms with Crippen LogP contribution in [-0.4, -0.2) is 26.8 Å². The first-order valence-corrected chi connectivity index (χ1v) is 5.60. The summed E-state index contributed by atoms with van der Waals surface area (Å²) >= 11 is 0. The van der Waals surface area contributed by atoms with Gasteiger partial charge in [-0.05, 0) is 19.9 Å². The van der Waals surface area contributed by atoms with Gasteiger partial charge in [0, 0.05) is 12.7 Å². The van der Waals surface area contributed by atoms with Crippen LogP contribution in [0.4, 0.5) is 0 Å². The molecule has 6 heteroatoms. The van der Waals surface area contributed by atoms with E-state index in [1.54, 1.807) is 6.92 Å². The molecule has 0 aliphatic carbocycles. The molecule has 0 heterocycles. The largest absolute Gasteiger partial charge is 0.514 e. The Kier molecular flexibility index (Phi) is 5.65. The molecule has 1 atom stereocenters. The highest BCUT2D eigenvalue weighted by Crippen LogP contribution is 2.09. The second-order valence-corrected chi connectivity index (χ2v) is 4.61. The summed E-state index contributed by atoms with van der Waals surface area (Å²) in [5.41, 5.74) is 5.25. The lowest BCUT2D eigenvalue weighted by molar-refractivity contribution is 0.103. The van der Waals surface area contributed by atoms with Gasteiger partial charge >= 0.3 is 8.80 Å². The third-order valence-corrected chi connectivity index (χ3v) is 3.34. The van der Waals surface area contributed by atoms with Gasteiger partial charge in [-0.2, -0.15) is 0 Å². The van der Waals surface area contributed by atoms with Gasteiger partial charge < -0.3 is 15.0 Å². The maximum Gasteiger partial charge on any atom is 0.514 e. The van der Waals surface area contributed by atoms with Gasteiger partial charge in [-0.25, -0.2) is 5.90 Å². The Balaban J connectivity index is 3.68. The van der Waals surface area contributed by atoms with Crippen molar-refractivity contribution in [1.82, 2.24) is 0 Å². The molecule has 1 unspecified atom stereocenters. The molecule has 0 saturated heterocycles. The first-order chi connectivity index (χ1) is 5.18. The Morgan fingerprint density at radius 1 is 1.55 bits per heavy atom. The highest BCUT2D eigenvalue weighted by atomic mass is 28.4. The van der Waals surface area contributed by atoms with Crippen LogP contribution < -0.4 is 11.6 Å². The summed E-state index contributed by atoms with van der Waals surface area (Å²) in [7, 11) is -3.05. The minimum absolute atomic E-state index is 0.407. The molecule has 0 aromatic rings. The maximum atomic E-state index is 9.46. The molecule has 5 nitrogen and oxygen atoms in total. The summed E-state index contributed by atoms with van der Waals surface area (Å²) in [4.78, 5) is 9.46. The lowest BCUT2D eigenvalue weighted by atomic mass is 10.5. The van der Waals surface area contributed by atoms with Gasteiger partial charge in [-0.15, -0.1) is 0 Å². The molecule has 0 aliphatic rings. The fourth-order valence-corrected chi connectivity index (χ4v) is 2.15. The van der Waals surface area contributed by atoms with Crippen molar-refractivity contribution in [3.63, 3.8) is 0 Å². The summed E-state index contributed by atoms with van der Waals surface area (Å²) in [5, 5.41) is 0. The van der Waals surface area contributed by atoms with Crippen LogP contribution in [0.3, 0.4) is 0 Å². The molecular formula is C5H16N2O3Si. The zero-order chi connectivity index (χ0) is 8.74. The molecule has 11 heavy (non-hydrogen) atoms. The molecule has 0 rings (SSSR count). The van der Waals surface area contributed by atoms with E-state index >= 15 is 0 Å². The van der Waals surface area contributed by atoms with E-state index in [2.05, 4.69) is 4.53 Å². The van der Waals surface area contributed by atoms with Crippen molar-refractivity contribution in [1.29, 1.82) is 0 Å². The number of hydrogen-bond acceptors (Lipinski definition) is 5. The first kappa shape index (κ1) is 11.0. The number of rotatable bonds is 6. The Morgan fingerprint density at radius 2 is 2.18 bits per heavy atom. The fourth-order valence-electron chi connectivity index (χ4n) is 0.716. The van der Waals surface area contributed by atoms with Gasteiger partial charge in [0.1, 0.15) is 0 Å². The highest BCUT2D eigenvalue weighted by molar-refractivity contribution is 6.59. The average molecular weight is 180 g/mol. The smallest absolute Gasteiger partial charge is 0.389 e. The van der Waals surface area contributed by atoms with Gasteiger partial charge in [-0.1, -0.05) is 0 Å². The van der Waals surface area contributed by atoms with Crippen molar-refractivity contribution in [3.8, 4) is 0 Å². The monoisotopic (exact) mass is 180 g/mol. The molecule has 0 spiro atoms. The zero-order valence-corrected chi connectivity index (χ0v) is 7.75. The molecule has 0 aliphatic heterocycles. The molecular weight excluding hydrogens is 164 g/mol. The Hall–Kier alpha value is 0.0169. The molecule has 0 fully saturated rings. The molecule has 68 valence electrons. The van der Waals surface area contributed by atoms with Crippen LogP contribution in [0.15, 0.2) is 0 Å². The third kappa shape index (κ3) is 4.46. The predicted octanol–water partition coefficient (Wildman–Crippen LogP) is -0.807. The molecule has 0 aromatic heterocycles. The highest BCUT2D eigenvalue weighted by Gasteiger charge is 2.35. The van der Waals surface area contributed by atoms with Gasteiger partial charge in [0.2, 0.25) is 0 Å². The summed E-state index contributed by atoms with van der Waals surface area (Å²) in [6.07, 6.45) is 0.667. The lowest BCUT2D eigenvalue weighted by Crippen LogP contribution is -2.45. The summed E-state index contributed by atoms with van der Waals surface area (Å²) in [6.45, 7) is 2.69. The molecule has 0 saturated carbocycles. The molecule has 0 radical (unpaired) electrons. The fraction of sp³-hybridized carbons (Fsp3) is 1.00. The van der Waals surface area contributed by atoms with Crippen LogP contribution >= 0.6 is 0 Å². The molecule has 0 aromatic carbocycles. The minimum atomic E-state index is -3.05.